The van der Waals surface area contributed by atoms with Crippen molar-refractivity contribution >= 4 is 29.0 Å². The molecule has 1 aliphatic carbocycles. The molecule has 1 atom stereocenters. The van der Waals surface area contributed by atoms with Crippen LogP contribution in [0.1, 0.15) is 36.5 Å². The Morgan fingerprint density at radius 3 is 2.83 bits per heavy atom. The van der Waals surface area contributed by atoms with E-state index in [1.54, 1.807) is 6.07 Å². The summed E-state index contributed by atoms with van der Waals surface area (Å²) in [7, 11) is 0. The summed E-state index contributed by atoms with van der Waals surface area (Å²) in [5, 5.41) is 21.8. The van der Waals surface area contributed by atoms with E-state index in [1.807, 2.05) is 42.7 Å². The largest absolute Gasteiger partial charge is 0.492 e. The van der Waals surface area contributed by atoms with Crippen LogP contribution in [0.15, 0.2) is 42.5 Å². The summed E-state index contributed by atoms with van der Waals surface area (Å²) in [5.41, 5.74) is 10.0. The van der Waals surface area contributed by atoms with E-state index in [2.05, 4.69) is 10.0 Å². The van der Waals surface area contributed by atoms with Crippen LogP contribution in [0.3, 0.4) is 0 Å². The SMILES string of the molecule is CSNc1cccc([C@@H](O)CNCCOc2ccc(C(=N)C3CCC3)c(N)c2)c1. The van der Waals surface area contributed by atoms with E-state index >= 15 is 0 Å². The number of rotatable bonds is 11. The number of nitrogens with one attached hydrogen (secondary N) is 3. The fourth-order valence-corrected chi connectivity index (χ4v) is 3.68. The normalized spacial score (nSPS) is 14.8. The fourth-order valence-electron chi connectivity index (χ4n) is 3.32. The smallest absolute Gasteiger partial charge is 0.121 e. The Morgan fingerprint density at radius 1 is 1.31 bits per heavy atom. The van der Waals surface area contributed by atoms with Crippen molar-refractivity contribution in [2.75, 3.05) is 36.4 Å². The number of aliphatic hydroxyl groups is 1. The maximum Gasteiger partial charge on any atom is 0.121 e. The minimum atomic E-state index is -0.578. The molecule has 2 aromatic rings. The van der Waals surface area contributed by atoms with Gasteiger partial charge in [-0.3, -0.25) is 0 Å². The van der Waals surface area contributed by atoms with E-state index in [-0.39, 0.29) is 0 Å². The third kappa shape index (κ3) is 5.88. The predicted octanol–water partition coefficient (Wildman–Crippen LogP) is 3.83. The lowest BCUT2D eigenvalue weighted by molar-refractivity contribution is 0.172. The second-order valence-electron chi connectivity index (χ2n) is 7.29. The van der Waals surface area contributed by atoms with Crippen molar-refractivity contribution < 1.29 is 9.84 Å². The van der Waals surface area contributed by atoms with Crippen LogP contribution in [0.25, 0.3) is 0 Å². The Bertz CT molecular complexity index is 826. The van der Waals surface area contributed by atoms with Gasteiger partial charge in [0, 0.05) is 54.0 Å². The average Bonchev–Trinajstić information content (AvgIpc) is 2.66. The van der Waals surface area contributed by atoms with Gasteiger partial charge in [-0.05, 0) is 42.7 Å². The zero-order valence-electron chi connectivity index (χ0n) is 16.8. The molecular formula is C22H30N4O2S. The lowest BCUT2D eigenvalue weighted by atomic mass is 9.79. The topological polar surface area (TPSA) is 103 Å². The molecule has 3 rings (SSSR count). The second kappa shape index (κ2) is 10.5. The first kappa shape index (κ1) is 21.5. The lowest BCUT2D eigenvalue weighted by Gasteiger charge is -2.26. The van der Waals surface area contributed by atoms with Gasteiger partial charge < -0.3 is 31.0 Å². The molecule has 2 aromatic carbocycles. The molecule has 29 heavy (non-hydrogen) atoms. The molecule has 6 N–H and O–H groups in total. The van der Waals surface area contributed by atoms with Crippen LogP contribution in [-0.2, 0) is 0 Å². The number of hydrogen-bond acceptors (Lipinski definition) is 7. The maximum atomic E-state index is 10.3. The van der Waals surface area contributed by atoms with Gasteiger partial charge in [-0.15, -0.1) is 0 Å². The summed E-state index contributed by atoms with van der Waals surface area (Å²) in [6.45, 7) is 1.53. The molecule has 0 heterocycles. The number of hydrogen-bond donors (Lipinski definition) is 5. The van der Waals surface area contributed by atoms with Gasteiger partial charge in [-0.2, -0.15) is 0 Å². The Kier molecular flexibility index (Phi) is 7.80. The summed E-state index contributed by atoms with van der Waals surface area (Å²) in [6.07, 6.45) is 4.77. The van der Waals surface area contributed by atoms with Gasteiger partial charge in [0.1, 0.15) is 12.4 Å². The molecule has 1 fully saturated rings. The van der Waals surface area contributed by atoms with Crippen LogP contribution in [0.2, 0.25) is 0 Å². The average molecular weight is 415 g/mol. The van der Waals surface area contributed by atoms with E-state index in [0.717, 1.165) is 29.7 Å². The Hall–Kier alpha value is -2.22. The minimum absolute atomic E-state index is 0.358. The van der Waals surface area contributed by atoms with Gasteiger partial charge in [0.2, 0.25) is 0 Å². The van der Waals surface area contributed by atoms with Gasteiger partial charge in [-0.1, -0.05) is 30.5 Å². The van der Waals surface area contributed by atoms with Crippen molar-refractivity contribution in [1.29, 1.82) is 5.41 Å². The number of anilines is 2. The van der Waals surface area contributed by atoms with E-state index in [4.69, 9.17) is 15.9 Å². The van der Waals surface area contributed by atoms with Gasteiger partial charge >= 0.3 is 0 Å². The van der Waals surface area contributed by atoms with Crippen molar-refractivity contribution in [2.24, 2.45) is 5.92 Å². The zero-order chi connectivity index (χ0) is 20.6. The van der Waals surface area contributed by atoms with Crippen molar-refractivity contribution in [3.63, 3.8) is 0 Å². The number of ether oxygens (including phenoxy) is 1. The van der Waals surface area contributed by atoms with Crippen LogP contribution in [0, 0.1) is 11.3 Å². The Morgan fingerprint density at radius 2 is 2.14 bits per heavy atom. The molecule has 6 nitrogen and oxygen atoms in total. The molecule has 0 aliphatic heterocycles. The van der Waals surface area contributed by atoms with Crippen molar-refractivity contribution in [1.82, 2.24) is 5.32 Å². The lowest BCUT2D eigenvalue weighted by Crippen LogP contribution is -2.26. The summed E-state index contributed by atoms with van der Waals surface area (Å²) in [5.74, 6) is 1.06. The first-order valence-electron chi connectivity index (χ1n) is 9.97. The maximum absolute atomic E-state index is 10.3. The number of nitrogens with two attached hydrogens (primary N) is 1. The van der Waals surface area contributed by atoms with Crippen LogP contribution < -0.4 is 20.5 Å². The molecule has 7 heteroatoms. The standard InChI is InChI=1S/C22H30N4O2S/c1-29-26-17-7-3-6-16(12-17)21(27)14-25-10-11-28-18-8-9-19(20(23)13-18)22(24)15-4-2-5-15/h3,6-9,12-13,15,21,24-27H,2,4-5,10-11,14,23H2,1H3/t21-/m0/s1. The molecule has 0 radical (unpaired) electrons. The van der Waals surface area contributed by atoms with E-state index in [1.165, 1.54) is 18.4 Å². The highest BCUT2D eigenvalue weighted by Gasteiger charge is 2.24. The first-order chi connectivity index (χ1) is 14.1. The molecule has 1 saturated carbocycles. The van der Waals surface area contributed by atoms with E-state index in [0.29, 0.717) is 42.8 Å². The first-order valence-corrected chi connectivity index (χ1v) is 11.2. The summed E-state index contributed by atoms with van der Waals surface area (Å²) < 4.78 is 8.92. The molecule has 0 bridgehead atoms. The molecular weight excluding hydrogens is 384 g/mol. The molecule has 0 saturated heterocycles. The van der Waals surface area contributed by atoms with Crippen LogP contribution in [-0.4, -0.2) is 36.8 Å². The summed E-state index contributed by atoms with van der Waals surface area (Å²) >= 11 is 1.52. The molecule has 156 valence electrons. The van der Waals surface area contributed by atoms with Crippen LogP contribution >= 0.6 is 11.9 Å². The molecule has 0 aromatic heterocycles. The quantitative estimate of drug-likeness (QED) is 0.166. The molecule has 0 spiro atoms. The minimum Gasteiger partial charge on any atom is -0.492 e. The third-order valence-corrected chi connectivity index (χ3v) is 5.64. The summed E-state index contributed by atoms with van der Waals surface area (Å²) in [4.78, 5) is 0. The monoisotopic (exact) mass is 414 g/mol. The molecule has 1 aliphatic rings. The van der Waals surface area contributed by atoms with Crippen LogP contribution in [0.4, 0.5) is 11.4 Å². The van der Waals surface area contributed by atoms with Crippen molar-refractivity contribution in [3.05, 3.63) is 53.6 Å². The van der Waals surface area contributed by atoms with Gasteiger partial charge in [0.25, 0.3) is 0 Å². The van der Waals surface area contributed by atoms with Crippen molar-refractivity contribution in [3.8, 4) is 5.75 Å². The van der Waals surface area contributed by atoms with Gasteiger partial charge in [0.15, 0.2) is 0 Å². The number of nitrogen functional groups attached to an aromatic ring is 1. The fraction of sp³-hybridized carbons (Fsp3) is 0.409. The zero-order valence-corrected chi connectivity index (χ0v) is 17.6. The second-order valence-corrected chi connectivity index (χ2v) is 7.90. The molecule has 0 amide bonds. The van der Waals surface area contributed by atoms with Gasteiger partial charge in [-0.25, -0.2) is 0 Å². The predicted molar refractivity (Wildman–Crippen MR) is 122 cm³/mol. The number of aliphatic hydroxyl groups excluding tert-OH is 1. The van der Waals surface area contributed by atoms with E-state index < -0.39 is 6.10 Å². The third-order valence-electron chi connectivity index (χ3n) is 5.20. The highest BCUT2D eigenvalue weighted by atomic mass is 32.2. The molecule has 0 unspecified atom stereocenters. The van der Waals surface area contributed by atoms with Crippen LogP contribution in [0.5, 0.6) is 5.75 Å². The summed E-state index contributed by atoms with van der Waals surface area (Å²) in [6, 6.07) is 13.3. The van der Waals surface area contributed by atoms with Crippen molar-refractivity contribution in [2.45, 2.75) is 25.4 Å². The highest BCUT2D eigenvalue weighted by molar-refractivity contribution is 7.99. The number of benzene rings is 2. The van der Waals surface area contributed by atoms with Gasteiger partial charge in [0.05, 0.1) is 6.10 Å². The Labute approximate surface area is 176 Å². The Balaban J connectivity index is 1.40. The van der Waals surface area contributed by atoms with E-state index in [9.17, 15) is 5.11 Å². The highest BCUT2D eigenvalue weighted by Crippen LogP contribution is 2.32.